The maximum Gasteiger partial charge on any atom is 0.0350 e. The third-order valence-corrected chi connectivity index (χ3v) is 2.71. The smallest absolute Gasteiger partial charge is 0.0350 e. The van der Waals surface area contributed by atoms with Gasteiger partial charge in [0, 0.05) is 10.9 Å². The van der Waals surface area contributed by atoms with E-state index in [1.54, 1.807) is 0 Å². The molecule has 0 aromatic heterocycles. The van der Waals surface area contributed by atoms with Gasteiger partial charge in [-0.25, -0.2) is 0 Å². The van der Waals surface area contributed by atoms with E-state index < -0.39 is 0 Å². The summed E-state index contributed by atoms with van der Waals surface area (Å²) in [6, 6.07) is 8.77. The van der Waals surface area contributed by atoms with E-state index in [1.165, 1.54) is 5.56 Å². The number of thiol groups is 1. The SMILES string of the molecule is CCC(c1ccccc1S)N(C)C. The molecule has 2 heteroatoms. The molecule has 0 fully saturated rings. The Morgan fingerprint density at radius 2 is 1.92 bits per heavy atom. The minimum atomic E-state index is 0.480. The Hall–Kier alpha value is -0.470. The number of hydrogen-bond acceptors (Lipinski definition) is 2. The topological polar surface area (TPSA) is 3.24 Å². The molecule has 0 bridgehead atoms. The van der Waals surface area contributed by atoms with Crippen LogP contribution in [-0.2, 0) is 0 Å². The van der Waals surface area contributed by atoms with Crippen LogP contribution < -0.4 is 0 Å². The highest BCUT2D eigenvalue weighted by atomic mass is 32.1. The van der Waals surface area contributed by atoms with Crippen molar-refractivity contribution in [2.24, 2.45) is 0 Å². The molecule has 1 unspecified atom stereocenters. The van der Waals surface area contributed by atoms with Crippen LogP contribution in [0.3, 0.4) is 0 Å². The molecule has 0 aliphatic rings. The Morgan fingerprint density at radius 1 is 1.31 bits per heavy atom. The average Bonchev–Trinajstić information content (AvgIpc) is 2.09. The van der Waals surface area contributed by atoms with Crippen molar-refractivity contribution in [3.05, 3.63) is 29.8 Å². The van der Waals surface area contributed by atoms with E-state index in [9.17, 15) is 0 Å². The fraction of sp³-hybridized carbons (Fsp3) is 0.455. The average molecular weight is 195 g/mol. The summed E-state index contributed by atoms with van der Waals surface area (Å²) in [6.45, 7) is 2.20. The Bertz CT molecular complexity index is 271. The third kappa shape index (κ3) is 2.48. The molecule has 72 valence electrons. The van der Waals surface area contributed by atoms with Crippen molar-refractivity contribution in [2.45, 2.75) is 24.3 Å². The molecule has 1 rings (SSSR count). The Morgan fingerprint density at radius 3 is 2.38 bits per heavy atom. The predicted octanol–water partition coefficient (Wildman–Crippen LogP) is 2.99. The molecule has 13 heavy (non-hydrogen) atoms. The molecule has 0 radical (unpaired) electrons. The van der Waals surface area contributed by atoms with E-state index in [-0.39, 0.29) is 0 Å². The summed E-state index contributed by atoms with van der Waals surface area (Å²) in [5, 5.41) is 0. The molecular weight excluding hydrogens is 178 g/mol. The highest BCUT2D eigenvalue weighted by Crippen LogP contribution is 2.26. The minimum Gasteiger partial charge on any atom is -0.302 e. The predicted molar refractivity (Wildman–Crippen MR) is 60.4 cm³/mol. The maximum absolute atomic E-state index is 4.46. The van der Waals surface area contributed by atoms with Gasteiger partial charge in [0.2, 0.25) is 0 Å². The van der Waals surface area contributed by atoms with Gasteiger partial charge in [-0.05, 0) is 32.1 Å². The first-order chi connectivity index (χ1) is 6.16. The van der Waals surface area contributed by atoms with Gasteiger partial charge >= 0.3 is 0 Å². The second kappa shape index (κ2) is 4.68. The van der Waals surface area contributed by atoms with Crippen molar-refractivity contribution in [1.29, 1.82) is 0 Å². The standard InChI is InChI=1S/C11H17NS/c1-4-10(12(2)3)9-7-5-6-8-11(9)13/h5-8,10,13H,4H2,1-3H3. The Kier molecular flexibility index (Phi) is 3.82. The van der Waals surface area contributed by atoms with Gasteiger partial charge in [0.15, 0.2) is 0 Å². The lowest BCUT2D eigenvalue weighted by Gasteiger charge is -2.24. The van der Waals surface area contributed by atoms with E-state index in [0.29, 0.717) is 6.04 Å². The van der Waals surface area contributed by atoms with Crippen LogP contribution in [0.25, 0.3) is 0 Å². The minimum absolute atomic E-state index is 0.480. The summed E-state index contributed by atoms with van der Waals surface area (Å²) in [5.41, 5.74) is 1.32. The molecule has 0 saturated carbocycles. The summed E-state index contributed by atoms with van der Waals surface area (Å²) in [4.78, 5) is 3.32. The monoisotopic (exact) mass is 195 g/mol. The lowest BCUT2D eigenvalue weighted by molar-refractivity contribution is 0.288. The van der Waals surface area contributed by atoms with E-state index in [1.807, 2.05) is 12.1 Å². The first kappa shape index (κ1) is 10.6. The molecule has 0 saturated heterocycles. The van der Waals surface area contributed by atoms with Crippen LogP contribution in [0.2, 0.25) is 0 Å². The zero-order chi connectivity index (χ0) is 9.84. The zero-order valence-electron chi connectivity index (χ0n) is 8.49. The molecule has 1 aromatic carbocycles. The maximum atomic E-state index is 4.46. The Labute approximate surface area is 86.2 Å². The molecule has 0 heterocycles. The normalized spacial score (nSPS) is 13.3. The molecule has 1 atom stereocenters. The van der Waals surface area contributed by atoms with Crippen molar-refractivity contribution < 1.29 is 0 Å². The first-order valence-corrected chi connectivity index (χ1v) is 5.05. The third-order valence-electron chi connectivity index (χ3n) is 2.31. The van der Waals surface area contributed by atoms with Gasteiger partial charge < -0.3 is 4.90 Å². The second-order valence-corrected chi connectivity index (χ2v) is 3.93. The highest BCUT2D eigenvalue weighted by molar-refractivity contribution is 7.80. The highest BCUT2D eigenvalue weighted by Gasteiger charge is 2.13. The summed E-state index contributed by atoms with van der Waals surface area (Å²) in [7, 11) is 4.21. The fourth-order valence-electron chi connectivity index (χ4n) is 1.63. The van der Waals surface area contributed by atoms with Crippen LogP contribution in [0.4, 0.5) is 0 Å². The van der Waals surface area contributed by atoms with Crippen LogP contribution in [0.5, 0.6) is 0 Å². The van der Waals surface area contributed by atoms with Crippen LogP contribution in [0.15, 0.2) is 29.2 Å². The summed E-state index contributed by atoms with van der Waals surface area (Å²) >= 11 is 4.46. The zero-order valence-corrected chi connectivity index (χ0v) is 9.38. The molecule has 0 N–H and O–H groups in total. The van der Waals surface area contributed by atoms with Crippen LogP contribution in [-0.4, -0.2) is 19.0 Å². The van der Waals surface area contributed by atoms with Crippen LogP contribution in [0, 0.1) is 0 Å². The summed E-state index contributed by atoms with van der Waals surface area (Å²) < 4.78 is 0. The molecule has 1 aromatic rings. The van der Waals surface area contributed by atoms with Gasteiger partial charge in [-0.1, -0.05) is 25.1 Å². The first-order valence-electron chi connectivity index (χ1n) is 4.61. The number of nitrogens with zero attached hydrogens (tertiary/aromatic N) is 1. The van der Waals surface area contributed by atoms with Crippen LogP contribution >= 0.6 is 12.6 Å². The lowest BCUT2D eigenvalue weighted by atomic mass is 10.0. The van der Waals surface area contributed by atoms with Crippen LogP contribution in [0.1, 0.15) is 24.9 Å². The van der Waals surface area contributed by atoms with E-state index >= 15 is 0 Å². The van der Waals surface area contributed by atoms with Gasteiger partial charge in [-0.3, -0.25) is 0 Å². The molecular formula is C11H17NS. The number of rotatable bonds is 3. The fourth-order valence-corrected chi connectivity index (χ4v) is 1.94. The summed E-state index contributed by atoms with van der Waals surface area (Å²) in [6.07, 6.45) is 1.12. The number of hydrogen-bond donors (Lipinski definition) is 1. The van der Waals surface area contributed by atoms with E-state index in [0.717, 1.165) is 11.3 Å². The quantitative estimate of drug-likeness (QED) is 0.726. The molecule has 1 nitrogen and oxygen atoms in total. The van der Waals surface area contributed by atoms with Gasteiger partial charge in [0.1, 0.15) is 0 Å². The molecule has 0 spiro atoms. The van der Waals surface area contributed by atoms with Crippen molar-refractivity contribution in [1.82, 2.24) is 4.90 Å². The van der Waals surface area contributed by atoms with Gasteiger partial charge in [0.25, 0.3) is 0 Å². The van der Waals surface area contributed by atoms with E-state index in [4.69, 9.17) is 0 Å². The molecule has 0 aliphatic carbocycles. The molecule has 0 aliphatic heterocycles. The molecule has 0 amide bonds. The van der Waals surface area contributed by atoms with E-state index in [2.05, 4.69) is 50.7 Å². The Balaban J connectivity index is 2.97. The van der Waals surface area contributed by atoms with Gasteiger partial charge in [-0.15, -0.1) is 12.6 Å². The summed E-state index contributed by atoms with van der Waals surface area (Å²) in [5.74, 6) is 0. The largest absolute Gasteiger partial charge is 0.302 e. The lowest BCUT2D eigenvalue weighted by Crippen LogP contribution is -2.19. The van der Waals surface area contributed by atoms with Crippen molar-refractivity contribution >= 4 is 12.6 Å². The van der Waals surface area contributed by atoms with Gasteiger partial charge in [-0.2, -0.15) is 0 Å². The van der Waals surface area contributed by atoms with Gasteiger partial charge in [0.05, 0.1) is 0 Å². The number of benzene rings is 1. The van der Waals surface area contributed by atoms with Crippen molar-refractivity contribution in [3.63, 3.8) is 0 Å². The second-order valence-electron chi connectivity index (χ2n) is 3.45. The van der Waals surface area contributed by atoms with Crippen molar-refractivity contribution in [3.8, 4) is 0 Å². The van der Waals surface area contributed by atoms with Crippen molar-refractivity contribution in [2.75, 3.05) is 14.1 Å².